The lowest BCUT2D eigenvalue weighted by Crippen LogP contribution is -2.09. The zero-order chi connectivity index (χ0) is 12.2. The summed E-state index contributed by atoms with van der Waals surface area (Å²) in [5, 5.41) is 0. The smallest absolute Gasteiger partial charge is 0.437 e. The molecule has 0 aliphatic heterocycles. The molecule has 0 aliphatic rings. The Balaban J connectivity index is 2.64. The van der Waals surface area contributed by atoms with Crippen LogP contribution >= 0.6 is 0 Å². The summed E-state index contributed by atoms with van der Waals surface area (Å²) in [7, 11) is 1.29. The van der Waals surface area contributed by atoms with E-state index < -0.39 is 6.16 Å². The molecular weight excluding hydrogens is 204 g/mol. The van der Waals surface area contributed by atoms with Gasteiger partial charge in [-0.1, -0.05) is 32.9 Å². The van der Waals surface area contributed by atoms with E-state index in [1.807, 2.05) is 12.1 Å². The fourth-order valence-corrected chi connectivity index (χ4v) is 1.43. The topological polar surface area (TPSA) is 35.5 Å². The van der Waals surface area contributed by atoms with Crippen LogP contribution in [-0.2, 0) is 11.2 Å². The summed E-state index contributed by atoms with van der Waals surface area (Å²) in [5.41, 5.74) is 1.48. The minimum atomic E-state index is -0.691. The molecule has 0 aliphatic carbocycles. The second-order valence-electron chi connectivity index (χ2n) is 4.94. The van der Waals surface area contributed by atoms with Gasteiger partial charge in [-0.25, -0.2) is 4.79 Å². The molecule has 3 nitrogen and oxygen atoms in total. The highest BCUT2D eigenvalue weighted by Crippen LogP contribution is 2.22. The zero-order valence-corrected chi connectivity index (χ0v) is 10.2. The second-order valence-corrected chi connectivity index (χ2v) is 4.94. The molecule has 0 fully saturated rings. The van der Waals surface area contributed by atoms with Gasteiger partial charge in [-0.05, 0) is 29.5 Å². The van der Waals surface area contributed by atoms with Crippen LogP contribution in [0.25, 0.3) is 0 Å². The Bertz CT molecular complexity index is 346. The van der Waals surface area contributed by atoms with Crippen molar-refractivity contribution < 1.29 is 14.3 Å². The highest BCUT2D eigenvalue weighted by Gasteiger charge is 2.11. The summed E-state index contributed by atoms with van der Waals surface area (Å²) in [6.45, 7) is 6.56. The summed E-state index contributed by atoms with van der Waals surface area (Å²) in [6.07, 6.45) is 0.300. The van der Waals surface area contributed by atoms with E-state index in [0.717, 1.165) is 6.42 Å². The quantitative estimate of drug-likeness (QED) is 0.568. The standard InChI is InChI=1S/C13H18O3/c1-13(2,3)9-10-5-7-11(8-6-10)16-12(14)15-4/h5-8H,9H2,1-4H3. The van der Waals surface area contributed by atoms with Gasteiger partial charge in [0.15, 0.2) is 0 Å². The molecule has 0 aromatic heterocycles. The minimum Gasteiger partial charge on any atom is -0.437 e. The van der Waals surface area contributed by atoms with Crippen LogP contribution in [0.1, 0.15) is 26.3 Å². The Hall–Kier alpha value is -1.51. The fourth-order valence-electron chi connectivity index (χ4n) is 1.43. The van der Waals surface area contributed by atoms with Gasteiger partial charge in [-0.3, -0.25) is 0 Å². The average Bonchev–Trinajstić information content (AvgIpc) is 2.18. The van der Waals surface area contributed by atoms with E-state index in [-0.39, 0.29) is 5.41 Å². The van der Waals surface area contributed by atoms with Crippen LogP contribution in [0.3, 0.4) is 0 Å². The van der Waals surface area contributed by atoms with Crippen molar-refractivity contribution in [2.24, 2.45) is 5.41 Å². The van der Waals surface area contributed by atoms with Gasteiger partial charge < -0.3 is 9.47 Å². The van der Waals surface area contributed by atoms with Crippen molar-refractivity contribution in [2.45, 2.75) is 27.2 Å². The number of hydrogen-bond acceptors (Lipinski definition) is 3. The van der Waals surface area contributed by atoms with Crippen LogP contribution in [0.4, 0.5) is 4.79 Å². The Kier molecular flexibility index (Phi) is 3.93. The lowest BCUT2D eigenvalue weighted by Gasteiger charge is -2.18. The highest BCUT2D eigenvalue weighted by atomic mass is 16.7. The largest absolute Gasteiger partial charge is 0.513 e. The van der Waals surface area contributed by atoms with Gasteiger partial charge in [0, 0.05) is 0 Å². The lowest BCUT2D eigenvalue weighted by atomic mass is 9.88. The number of carbonyl (C=O) groups excluding carboxylic acids is 1. The van der Waals surface area contributed by atoms with E-state index in [4.69, 9.17) is 4.74 Å². The van der Waals surface area contributed by atoms with Crippen molar-refractivity contribution in [3.05, 3.63) is 29.8 Å². The van der Waals surface area contributed by atoms with E-state index in [9.17, 15) is 4.79 Å². The first-order valence-corrected chi connectivity index (χ1v) is 5.25. The van der Waals surface area contributed by atoms with Crippen LogP contribution in [0.15, 0.2) is 24.3 Å². The summed E-state index contributed by atoms with van der Waals surface area (Å²) >= 11 is 0. The lowest BCUT2D eigenvalue weighted by molar-refractivity contribution is 0.121. The SMILES string of the molecule is COC(=O)Oc1ccc(CC(C)(C)C)cc1. The molecule has 1 rings (SSSR count). The van der Waals surface area contributed by atoms with Crippen LogP contribution in [0.5, 0.6) is 5.75 Å². The Morgan fingerprint density at radius 2 is 1.75 bits per heavy atom. The van der Waals surface area contributed by atoms with Crippen molar-refractivity contribution in [2.75, 3.05) is 7.11 Å². The molecule has 1 aromatic rings. The van der Waals surface area contributed by atoms with Crippen molar-refractivity contribution in [3.63, 3.8) is 0 Å². The maximum absolute atomic E-state index is 10.9. The predicted octanol–water partition coefficient (Wildman–Crippen LogP) is 3.42. The monoisotopic (exact) mass is 222 g/mol. The molecule has 0 atom stereocenters. The van der Waals surface area contributed by atoms with Gasteiger partial charge in [0.05, 0.1) is 7.11 Å². The van der Waals surface area contributed by atoms with E-state index in [2.05, 4.69) is 25.5 Å². The molecule has 1 aromatic carbocycles. The molecule has 0 radical (unpaired) electrons. The van der Waals surface area contributed by atoms with E-state index in [0.29, 0.717) is 5.75 Å². The summed E-state index contributed by atoms with van der Waals surface area (Å²) in [4.78, 5) is 10.9. The molecule has 0 amide bonds. The van der Waals surface area contributed by atoms with Crippen molar-refractivity contribution in [1.29, 1.82) is 0 Å². The number of carbonyl (C=O) groups is 1. The van der Waals surface area contributed by atoms with Gasteiger partial charge in [-0.15, -0.1) is 0 Å². The summed E-state index contributed by atoms with van der Waals surface area (Å²) < 4.78 is 9.29. The molecule has 0 spiro atoms. The molecule has 3 heteroatoms. The third-order valence-corrected chi connectivity index (χ3v) is 2.03. The number of benzene rings is 1. The molecule has 0 unspecified atom stereocenters. The molecule has 0 saturated carbocycles. The number of methoxy groups -OCH3 is 1. The zero-order valence-electron chi connectivity index (χ0n) is 10.2. The van der Waals surface area contributed by atoms with Crippen LogP contribution in [0.2, 0.25) is 0 Å². The van der Waals surface area contributed by atoms with Gasteiger partial charge in [-0.2, -0.15) is 0 Å². The van der Waals surface area contributed by atoms with Crippen molar-refractivity contribution >= 4 is 6.16 Å². The van der Waals surface area contributed by atoms with E-state index >= 15 is 0 Å². The first kappa shape index (κ1) is 12.6. The van der Waals surface area contributed by atoms with Crippen LogP contribution in [-0.4, -0.2) is 13.3 Å². The molecule has 16 heavy (non-hydrogen) atoms. The third-order valence-electron chi connectivity index (χ3n) is 2.03. The summed E-state index contributed by atoms with van der Waals surface area (Å²) in [6, 6.07) is 7.48. The van der Waals surface area contributed by atoms with Gasteiger partial charge >= 0.3 is 6.16 Å². The number of hydrogen-bond donors (Lipinski definition) is 0. The van der Waals surface area contributed by atoms with E-state index in [1.165, 1.54) is 12.7 Å². The Morgan fingerprint density at radius 1 is 1.19 bits per heavy atom. The highest BCUT2D eigenvalue weighted by molar-refractivity contribution is 5.63. The van der Waals surface area contributed by atoms with Gasteiger partial charge in [0.25, 0.3) is 0 Å². The second kappa shape index (κ2) is 5.01. The van der Waals surface area contributed by atoms with Crippen LogP contribution in [0, 0.1) is 5.41 Å². The molecule has 0 heterocycles. The first-order valence-electron chi connectivity index (χ1n) is 5.25. The van der Waals surface area contributed by atoms with Crippen molar-refractivity contribution in [1.82, 2.24) is 0 Å². The maximum atomic E-state index is 10.9. The molecule has 88 valence electrons. The number of rotatable bonds is 2. The third kappa shape index (κ3) is 4.34. The van der Waals surface area contributed by atoms with Crippen molar-refractivity contribution in [3.8, 4) is 5.75 Å². The molecule has 0 saturated heterocycles. The van der Waals surface area contributed by atoms with Crippen LogP contribution < -0.4 is 4.74 Å². The summed E-state index contributed by atoms with van der Waals surface area (Å²) in [5.74, 6) is 0.504. The molecular formula is C13H18O3. The fraction of sp³-hybridized carbons (Fsp3) is 0.462. The van der Waals surface area contributed by atoms with E-state index in [1.54, 1.807) is 12.1 Å². The maximum Gasteiger partial charge on any atom is 0.513 e. The average molecular weight is 222 g/mol. The van der Waals surface area contributed by atoms with Gasteiger partial charge in [0.2, 0.25) is 0 Å². The number of ether oxygens (including phenoxy) is 2. The molecule has 0 bridgehead atoms. The minimum absolute atomic E-state index is 0.255. The predicted molar refractivity (Wildman–Crippen MR) is 62.6 cm³/mol. The normalized spacial score (nSPS) is 11.0. The Labute approximate surface area is 96.4 Å². The molecule has 0 N–H and O–H groups in total. The van der Waals surface area contributed by atoms with Gasteiger partial charge in [0.1, 0.15) is 5.75 Å². The Morgan fingerprint density at radius 3 is 2.19 bits per heavy atom. The first-order chi connectivity index (χ1) is 7.40.